The average Bonchev–Trinajstić information content (AvgIpc) is 2.57. The van der Waals surface area contributed by atoms with Gasteiger partial charge in [-0.3, -0.25) is 4.79 Å². The summed E-state index contributed by atoms with van der Waals surface area (Å²) < 4.78 is 65.6. The van der Waals surface area contributed by atoms with Crippen molar-refractivity contribution in [2.75, 3.05) is 18.0 Å². The third-order valence-electron chi connectivity index (χ3n) is 3.89. The number of hydrogen-bond acceptors (Lipinski definition) is 3. The zero-order valence-corrected chi connectivity index (χ0v) is 12.4. The summed E-state index contributed by atoms with van der Waals surface area (Å²) in [6.45, 7) is 1.19. The molecule has 4 nitrogen and oxygen atoms in total. The third-order valence-corrected chi connectivity index (χ3v) is 3.89. The Balaban J connectivity index is 2.47. The van der Waals surface area contributed by atoms with Crippen LogP contribution in [0.4, 0.5) is 27.8 Å². The predicted molar refractivity (Wildman–Crippen MR) is 73.5 cm³/mol. The summed E-state index contributed by atoms with van der Waals surface area (Å²) in [4.78, 5) is 16.7. The highest BCUT2D eigenvalue weighted by atomic mass is 19.4. The number of rotatable bonds is 2. The quantitative estimate of drug-likeness (QED) is 0.844. The number of nitrogens with two attached hydrogens (primary N) is 1. The Morgan fingerprint density at radius 2 is 1.96 bits per heavy atom. The van der Waals surface area contributed by atoms with Crippen LogP contribution >= 0.6 is 0 Å². The molecule has 1 saturated heterocycles. The Hall–Kier alpha value is -1.93. The van der Waals surface area contributed by atoms with Gasteiger partial charge in [0, 0.05) is 32.1 Å². The van der Waals surface area contributed by atoms with Crippen LogP contribution in [0.3, 0.4) is 0 Å². The van der Waals surface area contributed by atoms with E-state index in [0.717, 1.165) is 6.92 Å². The van der Waals surface area contributed by atoms with Crippen molar-refractivity contribution in [1.29, 1.82) is 0 Å². The predicted octanol–water partition coefficient (Wildman–Crippen LogP) is 3.13. The lowest BCUT2D eigenvalue weighted by atomic mass is 10.0. The lowest BCUT2D eigenvalue weighted by molar-refractivity contribution is -0.138. The first-order chi connectivity index (χ1) is 10.5. The molecule has 2 N–H and O–H groups in total. The summed E-state index contributed by atoms with van der Waals surface area (Å²) in [6.07, 6.45) is -4.68. The van der Waals surface area contributed by atoms with Crippen molar-refractivity contribution < 1.29 is 26.7 Å². The molecule has 0 unspecified atom stereocenters. The van der Waals surface area contributed by atoms with Crippen LogP contribution < -0.4 is 10.6 Å². The number of carbonyl (C=O) groups is 1. The van der Waals surface area contributed by atoms with Gasteiger partial charge in [-0.1, -0.05) is 0 Å². The molecule has 0 atom stereocenters. The van der Waals surface area contributed by atoms with Crippen molar-refractivity contribution >= 4 is 11.7 Å². The minimum Gasteiger partial charge on any atom is -0.365 e. The van der Waals surface area contributed by atoms with Crippen molar-refractivity contribution in [1.82, 2.24) is 4.98 Å². The second-order valence-electron chi connectivity index (χ2n) is 5.55. The van der Waals surface area contributed by atoms with Crippen molar-refractivity contribution in [3.63, 3.8) is 0 Å². The van der Waals surface area contributed by atoms with Crippen LogP contribution in [0.5, 0.6) is 0 Å². The highest BCUT2D eigenvalue weighted by molar-refractivity contribution is 5.99. The Labute approximate surface area is 129 Å². The summed E-state index contributed by atoms with van der Waals surface area (Å²) in [5.74, 6) is -3.96. The molecule has 0 saturated carbocycles. The Morgan fingerprint density at radius 1 is 1.30 bits per heavy atom. The standard InChI is InChI=1S/C14H16F5N3O/c1-8-9(14(17,18)19)7-21-12(10(8)11(20)23)22-5-2-3-13(15,16)4-6-22/h7H,2-6H2,1H3,(H2,20,23). The van der Waals surface area contributed by atoms with Crippen molar-refractivity contribution in [2.24, 2.45) is 5.73 Å². The van der Waals surface area contributed by atoms with Gasteiger partial charge < -0.3 is 10.6 Å². The van der Waals surface area contributed by atoms with Gasteiger partial charge >= 0.3 is 6.18 Å². The second kappa shape index (κ2) is 5.93. The van der Waals surface area contributed by atoms with E-state index in [2.05, 4.69) is 4.98 Å². The van der Waals surface area contributed by atoms with Crippen molar-refractivity contribution in [2.45, 2.75) is 38.3 Å². The van der Waals surface area contributed by atoms with Crippen LogP contribution in [-0.4, -0.2) is 29.9 Å². The Kier molecular flexibility index (Phi) is 4.50. The lowest BCUT2D eigenvalue weighted by Crippen LogP contribution is -2.30. The molecule has 0 spiro atoms. The highest BCUT2D eigenvalue weighted by Gasteiger charge is 2.37. The average molecular weight is 337 g/mol. The van der Waals surface area contributed by atoms with E-state index >= 15 is 0 Å². The number of nitrogens with zero attached hydrogens (tertiary/aromatic N) is 2. The summed E-state index contributed by atoms with van der Waals surface area (Å²) >= 11 is 0. The number of halogens is 5. The van der Waals surface area contributed by atoms with Gasteiger partial charge in [-0.05, 0) is 18.9 Å². The smallest absolute Gasteiger partial charge is 0.365 e. The SMILES string of the molecule is Cc1c(C(F)(F)F)cnc(N2CCCC(F)(F)CC2)c1C(N)=O. The number of amides is 1. The van der Waals surface area contributed by atoms with Crippen LogP contribution in [0.15, 0.2) is 6.20 Å². The maximum Gasteiger partial charge on any atom is 0.418 e. The summed E-state index contributed by atoms with van der Waals surface area (Å²) in [5, 5.41) is 0. The first-order valence-electron chi connectivity index (χ1n) is 7.02. The van der Waals surface area contributed by atoms with E-state index in [1.165, 1.54) is 4.90 Å². The molecule has 1 aromatic heterocycles. The van der Waals surface area contributed by atoms with Gasteiger partial charge in [0.15, 0.2) is 0 Å². The van der Waals surface area contributed by atoms with E-state index < -0.39 is 30.0 Å². The molecular weight excluding hydrogens is 321 g/mol. The molecule has 2 heterocycles. The van der Waals surface area contributed by atoms with E-state index in [1.54, 1.807) is 0 Å². The molecule has 1 fully saturated rings. The fourth-order valence-electron chi connectivity index (χ4n) is 2.69. The number of pyridine rings is 1. The zero-order chi connectivity index (χ0) is 17.4. The molecule has 1 aliphatic heterocycles. The van der Waals surface area contributed by atoms with Gasteiger partial charge in [-0.25, -0.2) is 13.8 Å². The maximum atomic E-state index is 13.4. The van der Waals surface area contributed by atoms with Gasteiger partial charge in [-0.15, -0.1) is 0 Å². The zero-order valence-electron chi connectivity index (χ0n) is 12.4. The van der Waals surface area contributed by atoms with Crippen LogP contribution in [0, 0.1) is 6.92 Å². The van der Waals surface area contributed by atoms with Crippen molar-refractivity contribution in [3.8, 4) is 0 Å². The van der Waals surface area contributed by atoms with Crippen LogP contribution in [0.1, 0.15) is 40.7 Å². The summed E-state index contributed by atoms with van der Waals surface area (Å²) in [7, 11) is 0. The number of alkyl halides is 5. The minimum absolute atomic E-state index is 0.0688. The van der Waals surface area contributed by atoms with Crippen molar-refractivity contribution in [3.05, 3.63) is 22.9 Å². The van der Waals surface area contributed by atoms with E-state index in [9.17, 15) is 26.7 Å². The first kappa shape index (κ1) is 17.4. The molecule has 1 amide bonds. The maximum absolute atomic E-state index is 13.4. The normalized spacial score (nSPS) is 18.6. The first-order valence-corrected chi connectivity index (χ1v) is 7.02. The number of aromatic nitrogens is 1. The fourth-order valence-corrected chi connectivity index (χ4v) is 2.69. The topological polar surface area (TPSA) is 59.2 Å². The van der Waals surface area contributed by atoms with Crippen LogP contribution in [0.25, 0.3) is 0 Å². The molecule has 9 heteroatoms. The van der Waals surface area contributed by atoms with Gasteiger partial charge in [-0.2, -0.15) is 13.2 Å². The number of primary amides is 1. The molecular formula is C14H16F5N3O. The van der Waals surface area contributed by atoms with Crippen LogP contribution in [-0.2, 0) is 6.18 Å². The summed E-state index contributed by atoms with van der Waals surface area (Å²) in [5.41, 5.74) is 3.43. The van der Waals surface area contributed by atoms with Crippen LogP contribution in [0.2, 0.25) is 0 Å². The molecule has 0 radical (unpaired) electrons. The molecule has 1 aromatic rings. The summed E-state index contributed by atoms with van der Waals surface area (Å²) in [6, 6.07) is 0. The Bertz CT molecular complexity index is 615. The molecule has 128 valence electrons. The molecule has 2 rings (SSSR count). The molecule has 0 aliphatic carbocycles. The van der Waals surface area contributed by atoms with Gasteiger partial charge in [0.2, 0.25) is 5.92 Å². The van der Waals surface area contributed by atoms with Gasteiger partial charge in [0.05, 0.1) is 11.1 Å². The van der Waals surface area contributed by atoms with E-state index in [1.807, 2.05) is 0 Å². The minimum atomic E-state index is -4.67. The number of hydrogen-bond donors (Lipinski definition) is 1. The third kappa shape index (κ3) is 3.70. The fraction of sp³-hybridized carbons (Fsp3) is 0.571. The highest BCUT2D eigenvalue weighted by Crippen LogP contribution is 2.36. The van der Waals surface area contributed by atoms with Gasteiger partial charge in [0.25, 0.3) is 5.91 Å². The largest absolute Gasteiger partial charge is 0.418 e. The lowest BCUT2D eigenvalue weighted by Gasteiger charge is -2.25. The number of anilines is 1. The number of carbonyl (C=O) groups excluding carboxylic acids is 1. The second-order valence-corrected chi connectivity index (χ2v) is 5.55. The Morgan fingerprint density at radius 3 is 2.52 bits per heavy atom. The van der Waals surface area contributed by atoms with E-state index in [0.29, 0.717) is 6.20 Å². The van der Waals surface area contributed by atoms with E-state index in [-0.39, 0.29) is 42.9 Å². The molecule has 23 heavy (non-hydrogen) atoms. The molecule has 0 aromatic carbocycles. The monoisotopic (exact) mass is 337 g/mol. The van der Waals surface area contributed by atoms with E-state index in [4.69, 9.17) is 5.73 Å². The molecule has 0 bridgehead atoms. The van der Waals surface area contributed by atoms with Gasteiger partial charge in [0.1, 0.15) is 5.82 Å². The molecule has 1 aliphatic rings.